The summed E-state index contributed by atoms with van der Waals surface area (Å²) in [4.78, 5) is 8.82. The summed E-state index contributed by atoms with van der Waals surface area (Å²) in [5.74, 6) is 2.12. The van der Waals surface area contributed by atoms with Crippen LogP contribution < -0.4 is 10.6 Å². The molecule has 1 aromatic carbocycles. The minimum atomic E-state index is 0.468. The normalized spacial score (nSPS) is 18.9. The first kappa shape index (κ1) is 20.9. The van der Waals surface area contributed by atoms with Crippen LogP contribution in [0.15, 0.2) is 52.8 Å². The van der Waals surface area contributed by atoms with Crippen molar-refractivity contribution in [3.05, 3.63) is 58.3 Å². The molecular weight excluding hydrogens is 364 g/mol. The van der Waals surface area contributed by atoms with Gasteiger partial charge in [-0.25, -0.2) is 0 Å². The molecule has 0 radical (unpaired) electrons. The third-order valence-electron chi connectivity index (χ3n) is 5.38. The molecule has 1 aliphatic rings. The number of hydrogen-bond donors (Lipinski definition) is 2. The minimum absolute atomic E-state index is 0.468. The predicted octanol–water partition coefficient (Wildman–Crippen LogP) is 3.97. The molecule has 0 amide bonds. The molecule has 2 atom stereocenters. The third kappa shape index (κ3) is 6.64. The number of thiophene rings is 1. The van der Waals surface area contributed by atoms with E-state index in [1.165, 1.54) is 30.0 Å². The standard InChI is InChI=1S/C23H34N4S/c1-3-24-23(25-16-19(2)22-10-7-15-28-22)26-17-21-12-14-27(18-21)13-11-20-8-5-4-6-9-20/h4-10,15,19,21H,3,11-14,16-18H2,1-2H3,(H2,24,25,26). The van der Waals surface area contributed by atoms with Crippen molar-refractivity contribution in [2.75, 3.05) is 39.3 Å². The summed E-state index contributed by atoms with van der Waals surface area (Å²) in [7, 11) is 0. The number of guanidine groups is 1. The van der Waals surface area contributed by atoms with E-state index in [4.69, 9.17) is 4.99 Å². The van der Waals surface area contributed by atoms with Gasteiger partial charge < -0.3 is 15.5 Å². The van der Waals surface area contributed by atoms with Crippen molar-refractivity contribution >= 4 is 17.3 Å². The number of benzene rings is 1. The lowest BCUT2D eigenvalue weighted by atomic mass is 10.1. The van der Waals surface area contributed by atoms with E-state index in [0.29, 0.717) is 11.8 Å². The van der Waals surface area contributed by atoms with Gasteiger partial charge in [-0.1, -0.05) is 43.3 Å². The summed E-state index contributed by atoms with van der Waals surface area (Å²) in [5, 5.41) is 9.11. The van der Waals surface area contributed by atoms with Crippen LogP contribution in [0, 0.1) is 5.92 Å². The average molecular weight is 399 g/mol. The fourth-order valence-electron chi connectivity index (χ4n) is 3.69. The Bertz CT molecular complexity index is 699. The van der Waals surface area contributed by atoms with E-state index in [9.17, 15) is 0 Å². The average Bonchev–Trinajstić information content (AvgIpc) is 3.41. The van der Waals surface area contributed by atoms with Crippen molar-refractivity contribution in [2.24, 2.45) is 10.9 Å². The Hall–Kier alpha value is -1.85. The highest BCUT2D eigenvalue weighted by molar-refractivity contribution is 7.10. The Balaban J connectivity index is 1.40. The molecule has 0 aliphatic carbocycles. The first-order chi connectivity index (χ1) is 13.7. The van der Waals surface area contributed by atoms with Gasteiger partial charge in [-0.3, -0.25) is 4.99 Å². The van der Waals surface area contributed by atoms with Crippen LogP contribution in [0.1, 0.15) is 36.6 Å². The van der Waals surface area contributed by atoms with Crippen LogP contribution in [0.25, 0.3) is 0 Å². The maximum atomic E-state index is 4.81. The highest BCUT2D eigenvalue weighted by Crippen LogP contribution is 2.20. The molecule has 0 saturated carbocycles. The van der Waals surface area contributed by atoms with Gasteiger partial charge in [-0.2, -0.15) is 0 Å². The van der Waals surface area contributed by atoms with Gasteiger partial charge in [-0.15, -0.1) is 11.3 Å². The van der Waals surface area contributed by atoms with Crippen molar-refractivity contribution in [3.63, 3.8) is 0 Å². The van der Waals surface area contributed by atoms with Crippen LogP contribution in [0.5, 0.6) is 0 Å². The smallest absolute Gasteiger partial charge is 0.191 e. The van der Waals surface area contributed by atoms with Crippen molar-refractivity contribution < 1.29 is 0 Å². The van der Waals surface area contributed by atoms with Crippen molar-refractivity contribution in [3.8, 4) is 0 Å². The van der Waals surface area contributed by atoms with E-state index in [-0.39, 0.29) is 0 Å². The molecule has 28 heavy (non-hydrogen) atoms. The van der Waals surface area contributed by atoms with Crippen LogP contribution in [0.3, 0.4) is 0 Å². The number of likely N-dealkylation sites (tertiary alicyclic amines) is 1. The van der Waals surface area contributed by atoms with Gasteiger partial charge in [0.05, 0.1) is 6.54 Å². The second-order valence-electron chi connectivity index (χ2n) is 7.71. The number of nitrogens with one attached hydrogen (secondary N) is 2. The van der Waals surface area contributed by atoms with E-state index in [0.717, 1.165) is 38.6 Å². The fraction of sp³-hybridized carbons (Fsp3) is 0.522. The molecule has 4 nitrogen and oxygen atoms in total. The summed E-state index contributed by atoms with van der Waals surface area (Å²) in [6.45, 7) is 10.7. The first-order valence-electron chi connectivity index (χ1n) is 10.6. The third-order valence-corrected chi connectivity index (χ3v) is 6.49. The van der Waals surface area contributed by atoms with Gasteiger partial charge in [0, 0.05) is 37.0 Å². The fourth-order valence-corrected chi connectivity index (χ4v) is 4.47. The highest BCUT2D eigenvalue weighted by atomic mass is 32.1. The largest absolute Gasteiger partial charge is 0.357 e. The quantitative estimate of drug-likeness (QED) is 0.496. The zero-order valence-corrected chi connectivity index (χ0v) is 18.0. The number of aliphatic imine (C=N–C) groups is 1. The lowest BCUT2D eigenvalue weighted by Crippen LogP contribution is -2.40. The highest BCUT2D eigenvalue weighted by Gasteiger charge is 2.22. The Labute approximate surface area is 174 Å². The molecule has 2 heterocycles. The Kier molecular flexibility index (Phi) is 8.37. The molecule has 0 spiro atoms. The minimum Gasteiger partial charge on any atom is -0.357 e. The van der Waals surface area contributed by atoms with Crippen LogP contribution in [-0.4, -0.2) is 50.1 Å². The lowest BCUT2D eigenvalue weighted by Gasteiger charge is -2.18. The number of rotatable bonds is 9. The zero-order valence-electron chi connectivity index (χ0n) is 17.2. The van der Waals surface area contributed by atoms with Gasteiger partial charge in [0.15, 0.2) is 5.96 Å². The molecule has 2 N–H and O–H groups in total. The number of hydrogen-bond acceptors (Lipinski definition) is 3. The second kappa shape index (κ2) is 11.2. The number of nitrogens with zero attached hydrogens (tertiary/aromatic N) is 2. The monoisotopic (exact) mass is 398 g/mol. The molecule has 1 aromatic heterocycles. The predicted molar refractivity (Wildman–Crippen MR) is 121 cm³/mol. The van der Waals surface area contributed by atoms with Crippen LogP contribution in [0.4, 0.5) is 0 Å². The summed E-state index contributed by atoms with van der Waals surface area (Å²) in [5.41, 5.74) is 1.44. The topological polar surface area (TPSA) is 39.7 Å². The lowest BCUT2D eigenvalue weighted by molar-refractivity contribution is 0.328. The molecule has 1 aliphatic heterocycles. The maximum Gasteiger partial charge on any atom is 0.191 e. The van der Waals surface area contributed by atoms with Gasteiger partial charge in [0.25, 0.3) is 0 Å². The van der Waals surface area contributed by atoms with Gasteiger partial charge >= 0.3 is 0 Å². The summed E-state index contributed by atoms with van der Waals surface area (Å²) < 4.78 is 0. The van der Waals surface area contributed by atoms with Crippen LogP contribution in [0.2, 0.25) is 0 Å². The SMILES string of the molecule is CCNC(=NCC(C)c1cccs1)NCC1CCN(CCc2ccccc2)C1. The molecule has 0 bridgehead atoms. The van der Waals surface area contributed by atoms with Crippen molar-refractivity contribution in [1.82, 2.24) is 15.5 Å². The zero-order chi connectivity index (χ0) is 19.6. The molecule has 2 unspecified atom stereocenters. The van der Waals surface area contributed by atoms with Crippen molar-refractivity contribution in [2.45, 2.75) is 32.6 Å². The van der Waals surface area contributed by atoms with Gasteiger partial charge in [-0.05, 0) is 49.2 Å². The summed E-state index contributed by atoms with van der Waals surface area (Å²) in [6, 6.07) is 15.1. The van der Waals surface area contributed by atoms with E-state index in [1.807, 2.05) is 11.3 Å². The Morgan fingerprint density at radius 2 is 2.07 bits per heavy atom. The maximum absolute atomic E-state index is 4.81. The summed E-state index contributed by atoms with van der Waals surface area (Å²) >= 11 is 1.82. The molecule has 5 heteroatoms. The molecular formula is C23H34N4S. The molecule has 1 saturated heterocycles. The molecule has 152 valence electrons. The van der Waals surface area contributed by atoms with Gasteiger partial charge in [0.1, 0.15) is 0 Å². The summed E-state index contributed by atoms with van der Waals surface area (Å²) in [6.07, 6.45) is 2.42. The van der Waals surface area contributed by atoms with E-state index in [2.05, 4.69) is 77.2 Å². The molecule has 1 fully saturated rings. The van der Waals surface area contributed by atoms with Crippen LogP contribution >= 0.6 is 11.3 Å². The van der Waals surface area contributed by atoms with Gasteiger partial charge in [0.2, 0.25) is 0 Å². The van der Waals surface area contributed by atoms with E-state index in [1.54, 1.807) is 0 Å². The van der Waals surface area contributed by atoms with Crippen molar-refractivity contribution in [1.29, 1.82) is 0 Å². The Morgan fingerprint density at radius 1 is 1.21 bits per heavy atom. The second-order valence-corrected chi connectivity index (χ2v) is 8.69. The molecule has 3 rings (SSSR count). The van der Waals surface area contributed by atoms with E-state index < -0.39 is 0 Å². The van der Waals surface area contributed by atoms with E-state index >= 15 is 0 Å². The molecule has 2 aromatic rings. The first-order valence-corrected chi connectivity index (χ1v) is 11.4. The Morgan fingerprint density at radius 3 is 2.82 bits per heavy atom. The van der Waals surface area contributed by atoms with Crippen LogP contribution in [-0.2, 0) is 6.42 Å².